The van der Waals surface area contributed by atoms with E-state index in [1.54, 1.807) is 23.1 Å². The average Bonchev–Trinajstić information content (AvgIpc) is 2.46. The molecule has 0 aliphatic carbocycles. The monoisotopic (exact) mass is 254 g/mol. The summed E-state index contributed by atoms with van der Waals surface area (Å²) in [6.45, 7) is 0.443. The van der Waals surface area contributed by atoms with Gasteiger partial charge in [-0.15, -0.1) is 24.8 Å². The number of rotatable bonds is 1. The van der Waals surface area contributed by atoms with E-state index in [-0.39, 0.29) is 24.8 Å². The van der Waals surface area contributed by atoms with Crippen molar-refractivity contribution < 1.29 is 0 Å². The molecule has 0 unspecified atom stereocenters. The molecule has 0 amide bonds. The highest BCUT2D eigenvalue weighted by Gasteiger charge is 2.02. The third-order valence-corrected chi connectivity index (χ3v) is 1.81. The van der Waals surface area contributed by atoms with E-state index >= 15 is 0 Å². The minimum atomic E-state index is 0. The van der Waals surface area contributed by atoms with Crippen LogP contribution in [0.1, 0.15) is 5.56 Å². The van der Waals surface area contributed by atoms with Crippen LogP contribution in [0.25, 0.3) is 5.65 Å². The topological polar surface area (TPSA) is 56.2 Å². The van der Waals surface area contributed by atoms with Crippen LogP contribution < -0.4 is 5.73 Å². The zero-order valence-electron chi connectivity index (χ0n) is 7.05. The highest BCUT2D eigenvalue weighted by Crippen LogP contribution is 2.10. The molecule has 78 valence electrons. The molecule has 7 heteroatoms. The van der Waals surface area contributed by atoms with Gasteiger partial charge in [0, 0.05) is 18.3 Å². The van der Waals surface area contributed by atoms with Crippen LogP contribution in [0.5, 0.6) is 0 Å². The summed E-state index contributed by atoms with van der Waals surface area (Å²) in [5.41, 5.74) is 7.16. The van der Waals surface area contributed by atoms with Gasteiger partial charge in [-0.3, -0.25) is 0 Å². The van der Waals surface area contributed by atoms with Gasteiger partial charge in [-0.25, -0.2) is 9.50 Å². The Kier molecular flexibility index (Phi) is 5.15. The second-order valence-corrected chi connectivity index (χ2v) is 2.85. The molecule has 2 heterocycles. The van der Waals surface area contributed by atoms with Gasteiger partial charge in [0.15, 0.2) is 5.65 Å². The quantitative estimate of drug-likeness (QED) is 0.843. The minimum Gasteiger partial charge on any atom is -0.326 e. The van der Waals surface area contributed by atoms with E-state index in [0.29, 0.717) is 11.6 Å². The Morgan fingerprint density at radius 2 is 2.07 bits per heavy atom. The summed E-state index contributed by atoms with van der Waals surface area (Å²) in [6, 6.07) is 0. The Labute approximate surface area is 98.3 Å². The second-order valence-electron chi connectivity index (χ2n) is 2.41. The van der Waals surface area contributed by atoms with Crippen LogP contribution in [0.4, 0.5) is 0 Å². The number of hydrogen-bond donors (Lipinski definition) is 1. The van der Waals surface area contributed by atoms with E-state index < -0.39 is 0 Å². The molecule has 0 saturated heterocycles. The summed E-state index contributed by atoms with van der Waals surface area (Å²) < 4.78 is 1.62. The fourth-order valence-corrected chi connectivity index (χ4v) is 1.19. The first-order valence-corrected chi connectivity index (χ1v) is 3.87. The molecule has 0 fully saturated rings. The van der Waals surface area contributed by atoms with Crippen LogP contribution in [0, 0.1) is 0 Å². The minimum absolute atomic E-state index is 0. The van der Waals surface area contributed by atoms with Gasteiger partial charge in [-0.05, 0) is 0 Å². The first kappa shape index (κ1) is 13.4. The lowest BCUT2D eigenvalue weighted by Gasteiger charge is -1.93. The third-order valence-electron chi connectivity index (χ3n) is 1.62. The molecule has 0 radical (unpaired) electrons. The molecule has 0 aliphatic heterocycles. The molecule has 14 heavy (non-hydrogen) atoms. The van der Waals surface area contributed by atoms with Crippen molar-refractivity contribution in [3.05, 3.63) is 29.2 Å². The maximum atomic E-state index is 5.72. The zero-order valence-corrected chi connectivity index (χ0v) is 9.44. The van der Waals surface area contributed by atoms with Crippen LogP contribution in [-0.4, -0.2) is 14.6 Å². The van der Waals surface area contributed by atoms with Gasteiger partial charge in [-0.2, -0.15) is 5.10 Å². The van der Waals surface area contributed by atoms with Crippen molar-refractivity contribution in [1.82, 2.24) is 14.6 Å². The van der Waals surface area contributed by atoms with Crippen LogP contribution >= 0.6 is 36.4 Å². The Morgan fingerprint density at radius 1 is 1.36 bits per heavy atom. The molecule has 0 aromatic carbocycles. The number of aromatic nitrogens is 3. The van der Waals surface area contributed by atoms with Crippen LogP contribution in [-0.2, 0) is 6.54 Å². The molecule has 0 saturated carbocycles. The Morgan fingerprint density at radius 3 is 2.71 bits per heavy atom. The van der Waals surface area contributed by atoms with Crippen molar-refractivity contribution in [2.75, 3.05) is 0 Å². The smallest absolute Gasteiger partial charge is 0.159 e. The molecular weight excluding hydrogens is 246 g/mol. The van der Waals surface area contributed by atoms with Crippen molar-refractivity contribution >= 4 is 42.1 Å². The number of hydrogen-bond acceptors (Lipinski definition) is 3. The largest absolute Gasteiger partial charge is 0.326 e. The predicted octanol–water partition coefficient (Wildman–Crippen LogP) is 1.68. The maximum absolute atomic E-state index is 5.72. The lowest BCUT2D eigenvalue weighted by molar-refractivity contribution is 0.939. The first-order chi connectivity index (χ1) is 5.81. The first-order valence-electron chi connectivity index (χ1n) is 3.49. The van der Waals surface area contributed by atoms with Gasteiger partial charge in [0.1, 0.15) is 0 Å². The summed E-state index contributed by atoms with van der Waals surface area (Å²) in [5, 5.41) is 4.60. The van der Waals surface area contributed by atoms with Gasteiger partial charge >= 0.3 is 0 Å². The van der Waals surface area contributed by atoms with E-state index in [0.717, 1.165) is 11.2 Å². The molecule has 2 aromatic rings. The summed E-state index contributed by atoms with van der Waals surface area (Å²) in [6.07, 6.45) is 4.97. The summed E-state index contributed by atoms with van der Waals surface area (Å²) >= 11 is 5.72. The Balaban J connectivity index is 0.000000845. The number of nitrogens with two attached hydrogens (primary N) is 1. The van der Waals surface area contributed by atoms with Gasteiger partial charge in [0.05, 0.1) is 17.4 Å². The van der Waals surface area contributed by atoms with Gasteiger partial charge in [-0.1, -0.05) is 11.6 Å². The van der Waals surface area contributed by atoms with Gasteiger partial charge in [0.2, 0.25) is 0 Å². The lowest BCUT2D eigenvalue weighted by Crippen LogP contribution is -1.96. The van der Waals surface area contributed by atoms with E-state index in [1.807, 2.05) is 0 Å². The number of halogens is 3. The zero-order chi connectivity index (χ0) is 8.55. The Bertz CT molecular complexity index is 414. The second kappa shape index (κ2) is 5.36. The molecule has 2 aromatic heterocycles. The molecule has 4 nitrogen and oxygen atoms in total. The predicted molar refractivity (Wildman–Crippen MR) is 60.4 cm³/mol. The fraction of sp³-hybridized carbons (Fsp3) is 0.143. The third kappa shape index (κ3) is 2.27. The van der Waals surface area contributed by atoms with Crippen molar-refractivity contribution in [3.8, 4) is 0 Å². The number of fused-ring (bicyclic) bond motifs is 1. The summed E-state index contributed by atoms with van der Waals surface area (Å²) in [7, 11) is 0. The summed E-state index contributed by atoms with van der Waals surface area (Å²) in [4.78, 5) is 4.10. The van der Waals surface area contributed by atoms with Gasteiger partial charge < -0.3 is 5.73 Å². The molecule has 2 rings (SSSR count). The molecule has 0 atom stereocenters. The van der Waals surface area contributed by atoms with E-state index in [9.17, 15) is 0 Å². The standard InChI is InChI=1S/C7H7ClN4.2ClH/c8-6-3-10-7-5(1-9)2-11-12(7)4-6;;/h2-4H,1,9H2;2*1H. The lowest BCUT2D eigenvalue weighted by atomic mass is 10.3. The van der Waals surface area contributed by atoms with Crippen LogP contribution in [0.15, 0.2) is 18.6 Å². The van der Waals surface area contributed by atoms with E-state index in [2.05, 4.69) is 10.1 Å². The SMILES string of the molecule is Cl.Cl.NCc1cnn2cc(Cl)cnc12. The Hall–Kier alpha value is -0.550. The normalized spacial score (nSPS) is 9.29. The summed E-state index contributed by atoms with van der Waals surface area (Å²) in [5.74, 6) is 0. The molecule has 0 spiro atoms. The molecule has 0 aliphatic rings. The van der Waals surface area contributed by atoms with Crippen molar-refractivity contribution in [3.63, 3.8) is 0 Å². The van der Waals surface area contributed by atoms with Crippen molar-refractivity contribution in [2.24, 2.45) is 5.73 Å². The number of nitrogens with zero attached hydrogens (tertiary/aromatic N) is 3. The van der Waals surface area contributed by atoms with Gasteiger partial charge in [0.25, 0.3) is 0 Å². The molecular formula is C7H9Cl3N4. The van der Waals surface area contributed by atoms with Crippen molar-refractivity contribution in [2.45, 2.75) is 6.54 Å². The van der Waals surface area contributed by atoms with E-state index in [4.69, 9.17) is 17.3 Å². The fourth-order valence-electron chi connectivity index (χ4n) is 1.04. The molecule has 0 bridgehead atoms. The average molecular weight is 256 g/mol. The highest BCUT2D eigenvalue weighted by atomic mass is 35.5. The van der Waals surface area contributed by atoms with Crippen LogP contribution in [0.2, 0.25) is 5.02 Å². The highest BCUT2D eigenvalue weighted by molar-refractivity contribution is 6.30. The van der Waals surface area contributed by atoms with Crippen molar-refractivity contribution in [1.29, 1.82) is 0 Å². The molecule has 2 N–H and O–H groups in total. The van der Waals surface area contributed by atoms with E-state index in [1.165, 1.54) is 0 Å². The maximum Gasteiger partial charge on any atom is 0.159 e. The van der Waals surface area contributed by atoms with Crippen LogP contribution in [0.3, 0.4) is 0 Å².